The van der Waals surface area contributed by atoms with Crippen LogP contribution in [0.4, 0.5) is 0 Å². The van der Waals surface area contributed by atoms with E-state index < -0.39 is 5.54 Å². The van der Waals surface area contributed by atoms with Crippen molar-refractivity contribution in [3.63, 3.8) is 0 Å². The summed E-state index contributed by atoms with van der Waals surface area (Å²) in [6, 6.07) is 2.14. The number of nitrogens with one attached hydrogen (secondary N) is 2. The van der Waals surface area contributed by atoms with E-state index in [2.05, 4.69) is 16.7 Å². The van der Waals surface area contributed by atoms with Crippen molar-refractivity contribution in [3.05, 3.63) is 0 Å². The molecule has 0 rings (SSSR count). The van der Waals surface area contributed by atoms with E-state index in [1.807, 2.05) is 41.5 Å². The standard InChI is InChI=1S/C16H30N4O2/c1-8-20(9-13(21)18-15(4,5)6)10-14(22)19-16(7,11-17)12(2)3/h12H,8-10H2,1-7H3,(H,18,21)(H,19,22). The summed E-state index contributed by atoms with van der Waals surface area (Å²) in [7, 11) is 0. The molecule has 22 heavy (non-hydrogen) atoms. The number of likely N-dealkylation sites (N-methyl/N-ethyl adjacent to an activating group) is 1. The maximum atomic E-state index is 12.1. The third-order valence-corrected chi connectivity index (χ3v) is 3.48. The highest BCUT2D eigenvalue weighted by Gasteiger charge is 2.30. The van der Waals surface area contributed by atoms with E-state index in [9.17, 15) is 14.9 Å². The second kappa shape index (κ2) is 8.14. The average Bonchev–Trinajstić information content (AvgIpc) is 2.34. The fraction of sp³-hybridized carbons (Fsp3) is 0.812. The van der Waals surface area contributed by atoms with Crippen LogP contribution in [0.3, 0.4) is 0 Å². The molecule has 6 nitrogen and oxygen atoms in total. The molecule has 0 saturated heterocycles. The Kier molecular flexibility index (Phi) is 7.54. The van der Waals surface area contributed by atoms with Gasteiger partial charge in [-0.2, -0.15) is 5.26 Å². The number of carbonyl (C=O) groups is 2. The van der Waals surface area contributed by atoms with E-state index in [-0.39, 0.29) is 36.4 Å². The Morgan fingerprint density at radius 3 is 1.86 bits per heavy atom. The maximum Gasteiger partial charge on any atom is 0.235 e. The first kappa shape index (κ1) is 20.4. The zero-order valence-electron chi connectivity index (χ0n) is 14.9. The highest BCUT2D eigenvalue weighted by Crippen LogP contribution is 2.14. The predicted octanol–water partition coefficient (Wildman–Crippen LogP) is 1.28. The fourth-order valence-electron chi connectivity index (χ4n) is 1.77. The minimum absolute atomic E-state index is 0.000663. The first-order valence-corrected chi connectivity index (χ1v) is 7.69. The van der Waals surface area contributed by atoms with Crippen LogP contribution >= 0.6 is 0 Å². The van der Waals surface area contributed by atoms with Gasteiger partial charge in [0.2, 0.25) is 11.8 Å². The summed E-state index contributed by atoms with van der Waals surface area (Å²) < 4.78 is 0. The van der Waals surface area contributed by atoms with Gasteiger partial charge in [-0.25, -0.2) is 0 Å². The van der Waals surface area contributed by atoms with Crippen molar-refractivity contribution in [2.45, 2.75) is 59.5 Å². The molecule has 0 spiro atoms. The lowest BCUT2D eigenvalue weighted by molar-refractivity contribution is -0.126. The first-order chi connectivity index (χ1) is 9.93. The molecule has 0 aromatic heterocycles. The van der Waals surface area contributed by atoms with Gasteiger partial charge in [-0.3, -0.25) is 14.5 Å². The highest BCUT2D eigenvalue weighted by atomic mass is 16.2. The summed E-state index contributed by atoms with van der Waals surface area (Å²) in [5.74, 6) is -0.363. The molecule has 0 radical (unpaired) electrons. The van der Waals surface area contributed by atoms with Gasteiger partial charge in [0, 0.05) is 5.54 Å². The predicted molar refractivity (Wildman–Crippen MR) is 87.0 cm³/mol. The van der Waals surface area contributed by atoms with Crippen molar-refractivity contribution in [2.75, 3.05) is 19.6 Å². The number of carbonyl (C=O) groups excluding carboxylic acids is 2. The van der Waals surface area contributed by atoms with Crippen molar-refractivity contribution in [1.82, 2.24) is 15.5 Å². The molecule has 6 heteroatoms. The summed E-state index contributed by atoms with van der Waals surface area (Å²) in [5.41, 5.74) is -1.19. The zero-order valence-corrected chi connectivity index (χ0v) is 14.9. The van der Waals surface area contributed by atoms with Gasteiger partial charge in [0.05, 0.1) is 19.2 Å². The van der Waals surface area contributed by atoms with E-state index in [0.717, 1.165) is 0 Å². The molecule has 1 atom stereocenters. The van der Waals surface area contributed by atoms with Gasteiger partial charge >= 0.3 is 0 Å². The van der Waals surface area contributed by atoms with E-state index in [1.165, 1.54) is 0 Å². The van der Waals surface area contributed by atoms with Gasteiger partial charge in [-0.05, 0) is 40.2 Å². The Morgan fingerprint density at radius 2 is 1.55 bits per heavy atom. The second-order valence-electron chi connectivity index (χ2n) is 7.12. The normalized spacial score (nSPS) is 14.4. The quantitative estimate of drug-likeness (QED) is 0.742. The molecule has 0 aromatic carbocycles. The number of hydrogen-bond acceptors (Lipinski definition) is 4. The third kappa shape index (κ3) is 7.41. The molecule has 0 aromatic rings. The molecule has 0 aliphatic carbocycles. The second-order valence-corrected chi connectivity index (χ2v) is 7.12. The topological polar surface area (TPSA) is 85.2 Å². The lowest BCUT2D eigenvalue weighted by Crippen LogP contribution is -2.53. The average molecular weight is 310 g/mol. The molecule has 0 heterocycles. The van der Waals surface area contributed by atoms with E-state index in [0.29, 0.717) is 6.54 Å². The van der Waals surface area contributed by atoms with Gasteiger partial charge in [-0.1, -0.05) is 20.8 Å². The summed E-state index contributed by atoms with van der Waals surface area (Å²) >= 11 is 0. The van der Waals surface area contributed by atoms with Gasteiger partial charge in [0.1, 0.15) is 5.54 Å². The van der Waals surface area contributed by atoms with E-state index in [4.69, 9.17) is 0 Å². The molecule has 1 unspecified atom stereocenters. The Balaban J connectivity index is 4.60. The number of hydrogen-bond donors (Lipinski definition) is 2. The Bertz CT molecular complexity index is 434. The van der Waals surface area contributed by atoms with Crippen molar-refractivity contribution < 1.29 is 9.59 Å². The fourth-order valence-corrected chi connectivity index (χ4v) is 1.77. The first-order valence-electron chi connectivity index (χ1n) is 7.69. The molecule has 0 fully saturated rings. The smallest absolute Gasteiger partial charge is 0.235 e. The molecule has 0 aliphatic heterocycles. The number of nitriles is 1. The molecule has 2 N–H and O–H groups in total. The minimum atomic E-state index is -0.899. The number of amides is 2. The van der Waals surface area contributed by atoms with Crippen LogP contribution in [0, 0.1) is 17.2 Å². The Hall–Kier alpha value is -1.61. The number of rotatable bonds is 7. The molecular weight excluding hydrogens is 280 g/mol. The SMILES string of the molecule is CCN(CC(=O)NC(C)(C)C)CC(=O)NC(C)(C#N)C(C)C. The zero-order chi connectivity index (χ0) is 17.6. The van der Waals surface area contributed by atoms with Gasteiger partial charge in [-0.15, -0.1) is 0 Å². The molecule has 126 valence electrons. The maximum absolute atomic E-state index is 12.1. The van der Waals surface area contributed by atoms with Gasteiger partial charge < -0.3 is 10.6 Å². The van der Waals surface area contributed by atoms with Crippen LogP contribution < -0.4 is 10.6 Å². The molecule has 0 saturated carbocycles. The van der Waals surface area contributed by atoms with Crippen LogP contribution in [0.5, 0.6) is 0 Å². The van der Waals surface area contributed by atoms with Crippen molar-refractivity contribution in [3.8, 4) is 6.07 Å². The van der Waals surface area contributed by atoms with Gasteiger partial charge in [0.15, 0.2) is 0 Å². The Labute approximate surface area is 134 Å². The monoisotopic (exact) mass is 310 g/mol. The van der Waals surface area contributed by atoms with Crippen molar-refractivity contribution in [2.24, 2.45) is 5.92 Å². The summed E-state index contributed by atoms with van der Waals surface area (Å²) in [6.07, 6.45) is 0. The van der Waals surface area contributed by atoms with Crippen LogP contribution in [0.1, 0.15) is 48.5 Å². The lowest BCUT2D eigenvalue weighted by atomic mass is 9.90. The third-order valence-electron chi connectivity index (χ3n) is 3.48. The molecule has 2 amide bonds. The number of nitrogens with zero attached hydrogens (tertiary/aromatic N) is 2. The van der Waals surface area contributed by atoms with Crippen LogP contribution in [0.2, 0.25) is 0 Å². The van der Waals surface area contributed by atoms with E-state index >= 15 is 0 Å². The summed E-state index contributed by atoms with van der Waals surface area (Å²) in [6.45, 7) is 13.9. The molecule has 0 bridgehead atoms. The van der Waals surface area contributed by atoms with E-state index in [1.54, 1.807) is 11.8 Å². The highest BCUT2D eigenvalue weighted by molar-refractivity contribution is 5.82. The largest absolute Gasteiger partial charge is 0.350 e. The van der Waals surface area contributed by atoms with Gasteiger partial charge in [0.25, 0.3) is 0 Å². The summed E-state index contributed by atoms with van der Waals surface area (Å²) in [4.78, 5) is 25.8. The van der Waals surface area contributed by atoms with Crippen molar-refractivity contribution >= 4 is 11.8 Å². The minimum Gasteiger partial charge on any atom is -0.350 e. The lowest BCUT2D eigenvalue weighted by Gasteiger charge is -2.29. The van der Waals surface area contributed by atoms with Crippen LogP contribution in [-0.2, 0) is 9.59 Å². The van der Waals surface area contributed by atoms with Crippen LogP contribution in [0.15, 0.2) is 0 Å². The Morgan fingerprint density at radius 1 is 1.09 bits per heavy atom. The molecular formula is C16H30N4O2. The molecule has 0 aliphatic rings. The van der Waals surface area contributed by atoms with Crippen LogP contribution in [0.25, 0.3) is 0 Å². The van der Waals surface area contributed by atoms with Crippen LogP contribution in [-0.4, -0.2) is 47.4 Å². The summed E-state index contributed by atoms with van der Waals surface area (Å²) in [5, 5.41) is 14.9. The van der Waals surface area contributed by atoms with Crippen molar-refractivity contribution in [1.29, 1.82) is 5.26 Å².